The standard InChI is InChI=1S/C21H26ClN3O3/c1-15-3-4-23-13-20(15)24-21(26)11-17-9-18(22)12-19(10-17)28-8-6-25-5-7-27-14-16(25)2/h3-4,9-10,12-13,16H,5-8,11,14H2,1-2H3,(H,24,26). The number of carbonyl (C=O) groups excluding carboxylic acids is 1. The summed E-state index contributed by atoms with van der Waals surface area (Å²) in [5, 5.41) is 3.44. The SMILES string of the molecule is Cc1ccncc1NC(=O)Cc1cc(Cl)cc(OCCN2CCOCC2C)c1. The van der Waals surface area contributed by atoms with E-state index < -0.39 is 0 Å². The summed E-state index contributed by atoms with van der Waals surface area (Å²) in [6.45, 7) is 7.90. The molecule has 2 aromatic rings. The molecule has 0 saturated carbocycles. The van der Waals surface area contributed by atoms with Crippen LogP contribution in [0.1, 0.15) is 18.1 Å². The van der Waals surface area contributed by atoms with E-state index in [0.29, 0.717) is 29.1 Å². The van der Waals surface area contributed by atoms with E-state index >= 15 is 0 Å². The normalized spacial score (nSPS) is 17.3. The van der Waals surface area contributed by atoms with E-state index in [9.17, 15) is 4.79 Å². The highest BCUT2D eigenvalue weighted by Gasteiger charge is 2.18. The van der Waals surface area contributed by atoms with E-state index in [1.54, 1.807) is 24.5 Å². The van der Waals surface area contributed by atoms with Crippen LogP contribution in [0.4, 0.5) is 5.69 Å². The van der Waals surface area contributed by atoms with Crippen LogP contribution < -0.4 is 10.1 Å². The van der Waals surface area contributed by atoms with Gasteiger partial charge in [-0.05, 0) is 49.2 Å². The molecule has 1 aromatic heterocycles. The van der Waals surface area contributed by atoms with Crippen molar-refractivity contribution in [3.05, 3.63) is 52.8 Å². The van der Waals surface area contributed by atoms with Crippen molar-refractivity contribution in [3.8, 4) is 5.75 Å². The predicted molar refractivity (Wildman–Crippen MR) is 110 cm³/mol. The number of aromatic nitrogens is 1. The minimum absolute atomic E-state index is 0.119. The first-order valence-corrected chi connectivity index (χ1v) is 9.83. The molecule has 28 heavy (non-hydrogen) atoms. The number of ether oxygens (including phenoxy) is 2. The van der Waals surface area contributed by atoms with Crippen LogP contribution >= 0.6 is 11.6 Å². The number of morpholine rings is 1. The molecule has 1 saturated heterocycles. The number of rotatable bonds is 7. The number of hydrogen-bond acceptors (Lipinski definition) is 5. The molecule has 0 bridgehead atoms. The summed E-state index contributed by atoms with van der Waals surface area (Å²) in [5.74, 6) is 0.556. The predicted octanol–water partition coefficient (Wildman–Crippen LogP) is 3.32. The second kappa shape index (κ2) is 9.87. The molecule has 1 amide bonds. The Hall–Kier alpha value is -2.15. The third-order valence-electron chi connectivity index (χ3n) is 4.76. The summed E-state index contributed by atoms with van der Waals surface area (Å²) < 4.78 is 11.3. The Morgan fingerprint density at radius 2 is 2.29 bits per heavy atom. The Morgan fingerprint density at radius 3 is 3.07 bits per heavy atom. The summed E-state index contributed by atoms with van der Waals surface area (Å²) in [6.07, 6.45) is 3.56. The number of amides is 1. The van der Waals surface area contributed by atoms with Crippen molar-refractivity contribution in [2.24, 2.45) is 0 Å². The Kier molecular flexibility index (Phi) is 7.25. The van der Waals surface area contributed by atoms with Gasteiger partial charge in [0.2, 0.25) is 5.91 Å². The summed E-state index contributed by atoms with van der Waals surface area (Å²) in [5.41, 5.74) is 2.49. The maximum Gasteiger partial charge on any atom is 0.228 e. The maximum absolute atomic E-state index is 12.4. The molecule has 1 atom stereocenters. The zero-order valence-corrected chi connectivity index (χ0v) is 17.0. The number of halogens is 1. The number of nitrogens with zero attached hydrogens (tertiary/aromatic N) is 2. The van der Waals surface area contributed by atoms with Crippen molar-refractivity contribution in [2.75, 3.05) is 38.2 Å². The fraction of sp³-hybridized carbons (Fsp3) is 0.429. The van der Waals surface area contributed by atoms with Crippen LogP contribution in [0.2, 0.25) is 5.02 Å². The van der Waals surface area contributed by atoms with Gasteiger partial charge in [-0.15, -0.1) is 0 Å². The van der Waals surface area contributed by atoms with Crippen LogP contribution in [0.15, 0.2) is 36.7 Å². The first-order valence-electron chi connectivity index (χ1n) is 9.46. The van der Waals surface area contributed by atoms with Gasteiger partial charge in [0, 0.05) is 30.4 Å². The smallest absolute Gasteiger partial charge is 0.228 e. The highest BCUT2D eigenvalue weighted by Crippen LogP contribution is 2.22. The molecule has 1 unspecified atom stereocenters. The van der Waals surface area contributed by atoms with Crippen molar-refractivity contribution in [2.45, 2.75) is 26.3 Å². The average molecular weight is 404 g/mol. The van der Waals surface area contributed by atoms with Gasteiger partial charge in [0.15, 0.2) is 0 Å². The molecule has 0 aliphatic carbocycles. The van der Waals surface area contributed by atoms with Crippen molar-refractivity contribution in [3.63, 3.8) is 0 Å². The molecule has 7 heteroatoms. The molecule has 1 N–H and O–H groups in total. The fourth-order valence-electron chi connectivity index (χ4n) is 3.16. The molecule has 2 heterocycles. The highest BCUT2D eigenvalue weighted by molar-refractivity contribution is 6.30. The van der Waals surface area contributed by atoms with Gasteiger partial charge in [-0.1, -0.05) is 11.6 Å². The van der Waals surface area contributed by atoms with Gasteiger partial charge in [0.1, 0.15) is 12.4 Å². The Bertz CT molecular complexity index is 815. The molecule has 0 spiro atoms. The third kappa shape index (κ3) is 5.92. The quantitative estimate of drug-likeness (QED) is 0.768. The van der Waals surface area contributed by atoms with Gasteiger partial charge in [-0.25, -0.2) is 0 Å². The lowest BCUT2D eigenvalue weighted by Gasteiger charge is -2.32. The van der Waals surface area contributed by atoms with Crippen LogP contribution in [-0.4, -0.2) is 54.7 Å². The zero-order valence-electron chi connectivity index (χ0n) is 16.3. The summed E-state index contributed by atoms with van der Waals surface area (Å²) in [4.78, 5) is 18.8. The van der Waals surface area contributed by atoms with E-state index in [2.05, 4.69) is 22.1 Å². The van der Waals surface area contributed by atoms with Crippen LogP contribution in [0.5, 0.6) is 5.75 Å². The van der Waals surface area contributed by atoms with E-state index in [1.807, 2.05) is 19.1 Å². The number of carbonyl (C=O) groups is 1. The maximum atomic E-state index is 12.4. The first kappa shape index (κ1) is 20.6. The van der Waals surface area contributed by atoms with Crippen LogP contribution in [-0.2, 0) is 16.0 Å². The van der Waals surface area contributed by atoms with Gasteiger partial charge in [0.05, 0.1) is 31.5 Å². The van der Waals surface area contributed by atoms with E-state index in [1.165, 1.54) is 0 Å². The molecule has 6 nitrogen and oxygen atoms in total. The Balaban J connectivity index is 1.55. The fourth-order valence-corrected chi connectivity index (χ4v) is 3.40. The van der Waals surface area contributed by atoms with Crippen LogP contribution in [0.25, 0.3) is 0 Å². The van der Waals surface area contributed by atoms with Crippen molar-refractivity contribution < 1.29 is 14.3 Å². The zero-order chi connectivity index (χ0) is 19.9. The first-order chi connectivity index (χ1) is 13.5. The molecule has 1 aromatic carbocycles. The third-order valence-corrected chi connectivity index (χ3v) is 4.98. The number of anilines is 1. The van der Waals surface area contributed by atoms with Gasteiger partial charge < -0.3 is 14.8 Å². The number of nitrogens with one attached hydrogen (secondary N) is 1. The lowest BCUT2D eigenvalue weighted by atomic mass is 10.1. The summed E-state index contributed by atoms with van der Waals surface area (Å²) in [7, 11) is 0. The van der Waals surface area contributed by atoms with Gasteiger partial charge in [0.25, 0.3) is 0 Å². The second-order valence-corrected chi connectivity index (χ2v) is 7.46. The molecule has 3 rings (SSSR count). The largest absolute Gasteiger partial charge is 0.492 e. The van der Waals surface area contributed by atoms with Crippen molar-refractivity contribution >= 4 is 23.2 Å². The van der Waals surface area contributed by atoms with Crippen molar-refractivity contribution in [1.82, 2.24) is 9.88 Å². The minimum Gasteiger partial charge on any atom is -0.492 e. The van der Waals surface area contributed by atoms with Gasteiger partial charge in [-0.3, -0.25) is 14.7 Å². The van der Waals surface area contributed by atoms with E-state index in [0.717, 1.165) is 37.4 Å². The van der Waals surface area contributed by atoms with Gasteiger partial charge in [-0.2, -0.15) is 0 Å². The number of hydrogen-bond donors (Lipinski definition) is 1. The minimum atomic E-state index is -0.119. The van der Waals surface area contributed by atoms with E-state index in [4.69, 9.17) is 21.1 Å². The molecule has 0 radical (unpaired) electrons. The summed E-state index contributed by atoms with van der Waals surface area (Å²) in [6, 6.07) is 7.68. The monoisotopic (exact) mass is 403 g/mol. The Morgan fingerprint density at radius 1 is 1.43 bits per heavy atom. The number of aryl methyl sites for hydroxylation is 1. The molecule has 1 fully saturated rings. The number of benzene rings is 1. The molecule has 1 aliphatic rings. The molecular formula is C21H26ClN3O3. The second-order valence-electron chi connectivity index (χ2n) is 7.02. The molecule has 1 aliphatic heterocycles. The Labute approximate surface area is 170 Å². The van der Waals surface area contributed by atoms with Gasteiger partial charge >= 0.3 is 0 Å². The lowest BCUT2D eigenvalue weighted by Crippen LogP contribution is -2.45. The molecular weight excluding hydrogens is 378 g/mol. The van der Waals surface area contributed by atoms with Crippen LogP contribution in [0, 0.1) is 6.92 Å². The molecule has 150 valence electrons. The lowest BCUT2D eigenvalue weighted by molar-refractivity contribution is -0.115. The highest BCUT2D eigenvalue weighted by atomic mass is 35.5. The topological polar surface area (TPSA) is 63.7 Å². The average Bonchev–Trinajstić information content (AvgIpc) is 2.65. The summed E-state index contributed by atoms with van der Waals surface area (Å²) >= 11 is 6.22. The van der Waals surface area contributed by atoms with E-state index in [-0.39, 0.29) is 12.3 Å². The van der Waals surface area contributed by atoms with Crippen LogP contribution in [0.3, 0.4) is 0 Å². The number of pyridine rings is 1. The van der Waals surface area contributed by atoms with Crippen molar-refractivity contribution in [1.29, 1.82) is 0 Å².